The molecule has 4 rings (SSSR count). The molecule has 0 radical (unpaired) electrons. The lowest BCUT2D eigenvalue weighted by molar-refractivity contribution is -0.135. The number of H-pyrrole nitrogens is 1. The number of benzene rings is 2. The number of aromatic nitrogens is 1. The zero-order valence-corrected chi connectivity index (χ0v) is 16.6. The van der Waals surface area contributed by atoms with Crippen LogP contribution < -0.4 is 10.3 Å². The highest BCUT2D eigenvalue weighted by Gasteiger charge is 2.22. The Morgan fingerprint density at radius 1 is 1.03 bits per heavy atom. The fraction of sp³-hybridized carbons (Fsp3) is 0.304. The average molecular weight is 391 g/mol. The number of para-hydroxylation sites is 2. The highest BCUT2D eigenvalue weighted by Crippen LogP contribution is 2.16. The van der Waals surface area contributed by atoms with Gasteiger partial charge in [-0.2, -0.15) is 0 Å². The van der Waals surface area contributed by atoms with Crippen molar-refractivity contribution in [2.24, 2.45) is 0 Å². The van der Waals surface area contributed by atoms with E-state index in [1.165, 1.54) is 0 Å². The Labute approximate surface area is 169 Å². The van der Waals surface area contributed by atoms with E-state index < -0.39 is 0 Å². The number of amides is 1. The van der Waals surface area contributed by atoms with E-state index in [-0.39, 0.29) is 18.1 Å². The molecule has 2 aromatic carbocycles. The number of carbonyl (C=O) groups excluding carboxylic acids is 1. The fourth-order valence-corrected chi connectivity index (χ4v) is 3.70. The topological polar surface area (TPSA) is 65.6 Å². The van der Waals surface area contributed by atoms with Gasteiger partial charge in [-0.05, 0) is 36.1 Å². The van der Waals surface area contributed by atoms with E-state index in [9.17, 15) is 9.59 Å². The summed E-state index contributed by atoms with van der Waals surface area (Å²) in [5, 5.41) is 1.05. The van der Waals surface area contributed by atoms with Gasteiger partial charge < -0.3 is 14.6 Å². The lowest BCUT2D eigenvalue weighted by Crippen LogP contribution is -2.49. The van der Waals surface area contributed by atoms with E-state index in [1.54, 1.807) is 0 Å². The molecule has 1 fully saturated rings. The van der Waals surface area contributed by atoms with E-state index in [4.69, 9.17) is 4.74 Å². The van der Waals surface area contributed by atoms with Gasteiger partial charge in [0.2, 0.25) is 0 Å². The summed E-state index contributed by atoms with van der Waals surface area (Å²) in [4.78, 5) is 31.9. The molecule has 0 bridgehead atoms. The Hall–Kier alpha value is -3.12. The fourth-order valence-electron chi connectivity index (χ4n) is 3.70. The monoisotopic (exact) mass is 391 g/mol. The number of aromatic amines is 1. The van der Waals surface area contributed by atoms with Gasteiger partial charge in [-0.1, -0.05) is 36.4 Å². The first-order valence-corrected chi connectivity index (χ1v) is 9.89. The van der Waals surface area contributed by atoms with E-state index in [2.05, 4.69) is 9.88 Å². The van der Waals surface area contributed by atoms with Crippen LogP contribution in [0.25, 0.3) is 10.9 Å². The number of hydrogen-bond donors (Lipinski definition) is 1. The quantitative estimate of drug-likeness (QED) is 0.726. The van der Waals surface area contributed by atoms with E-state index in [1.807, 2.05) is 66.4 Å². The standard InChI is InChI=1S/C23H25N3O3/c1-17-6-5-7-18-14-19(23(28)24-22(17)18)15-25-10-12-26(13-11-25)21(27)16-29-20-8-3-2-4-9-20/h2-9,14H,10-13,15-16H2,1H3,(H,24,28). The van der Waals surface area contributed by atoms with E-state index in [0.29, 0.717) is 25.4 Å². The van der Waals surface area contributed by atoms with Crippen LogP contribution in [0.4, 0.5) is 0 Å². The molecular formula is C23H25N3O3. The summed E-state index contributed by atoms with van der Waals surface area (Å²) in [5.74, 6) is 0.692. The molecule has 150 valence electrons. The summed E-state index contributed by atoms with van der Waals surface area (Å²) < 4.78 is 5.56. The van der Waals surface area contributed by atoms with E-state index in [0.717, 1.165) is 35.1 Å². The van der Waals surface area contributed by atoms with Gasteiger partial charge in [0.1, 0.15) is 5.75 Å². The maximum absolute atomic E-state index is 12.5. The van der Waals surface area contributed by atoms with Crippen molar-refractivity contribution in [2.45, 2.75) is 13.5 Å². The predicted octanol–water partition coefficient (Wildman–Crippen LogP) is 2.56. The van der Waals surface area contributed by atoms with Gasteiger partial charge in [-0.25, -0.2) is 0 Å². The second-order valence-electron chi connectivity index (χ2n) is 7.42. The normalized spacial score (nSPS) is 14.9. The van der Waals surface area contributed by atoms with Gasteiger partial charge in [0.15, 0.2) is 6.61 Å². The number of piperazine rings is 1. The largest absolute Gasteiger partial charge is 0.484 e. The second kappa shape index (κ2) is 8.49. The Balaban J connectivity index is 1.33. The molecule has 1 amide bonds. The molecule has 29 heavy (non-hydrogen) atoms. The molecule has 1 N–H and O–H groups in total. The average Bonchev–Trinajstić information content (AvgIpc) is 2.75. The van der Waals surface area contributed by atoms with Crippen LogP contribution in [0.1, 0.15) is 11.1 Å². The molecular weight excluding hydrogens is 366 g/mol. The van der Waals surface area contributed by atoms with Crippen LogP contribution in [0.2, 0.25) is 0 Å². The van der Waals surface area contributed by atoms with Crippen LogP contribution in [0.3, 0.4) is 0 Å². The Bertz CT molecular complexity index is 1050. The number of hydrogen-bond acceptors (Lipinski definition) is 4. The number of pyridine rings is 1. The zero-order valence-electron chi connectivity index (χ0n) is 16.6. The van der Waals surface area contributed by atoms with Crippen molar-refractivity contribution in [3.63, 3.8) is 0 Å². The minimum atomic E-state index is -0.0402. The maximum atomic E-state index is 12.5. The molecule has 1 aliphatic heterocycles. The summed E-state index contributed by atoms with van der Waals surface area (Å²) in [6.07, 6.45) is 0. The first kappa shape index (κ1) is 19.2. The number of fused-ring (bicyclic) bond motifs is 1. The van der Waals surface area contributed by atoms with Crippen LogP contribution in [-0.2, 0) is 11.3 Å². The molecule has 6 nitrogen and oxygen atoms in total. The number of nitrogens with zero attached hydrogens (tertiary/aromatic N) is 2. The highest BCUT2D eigenvalue weighted by atomic mass is 16.5. The first-order valence-electron chi connectivity index (χ1n) is 9.89. The number of carbonyl (C=O) groups is 1. The van der Waals surface area contributed by atoms with Crippen molar-refractivity contribution < 1.29 is 9.53 Å². The first-order chi connectivity index (χ1) is 14.1. The molecule has 1 aliphatic rings. The molecule has 0 atom stereocenters. The summed E-state index contributed by atoms with van der Waals surface area (Å²) in [6, 6.07) is 17.4. The SMILES string of the molecule is Cc1cccc2cc(CN3CCN(C(=O)COc4ccccc4)CC3)c(=O)[nH]c12. The smallest absolute Gasteiger partial charge is 0.260 e. The third-order valence-electron chi connectivity index (χ3n) is 5.39. The van der Waals surface area contributed by atoms with Crippen molar-refractivity contribution in [2.75, 3.05) is 32.8 Å². The Kier molecular flexibility index (Phi) is 5.62. The minimum absolute atomic E-state index is 0.00692. The third kappa shape index (κ3) is 4.49. The van der Waals surface area contributed by atoms with Crippen LogP contribution in [0, 0.1) is 6.92 Å². The Morgan fingerprint density at radius 2 is 1.79 bits per heavy atom. The van der Waals surface area contributed by atoms with Crippen molar-refractivity contribution in [3.8, 4) is 5.75 Å². The molecule has 1 saturated heterocycles. The van der Waals surface area contributed by atoms with Gasteiger partial charge in [0, 0.05) is 38.3 Å². The van der Waals surface area contributed by atoms with E-state index >= 15 is 0 Å². The molecule has 6 heteroatoms. The number of nitrogens with one attached hydrogen (secondary N) is 1. The number of ether oxygens (including phenoxy) is 1. The van der Waals surface area contributed by atoms with Crippen LogP contribution >= 0.6 is 0 Å². The van der Waals surface area contributed by atoms with Crippen molar-refractivity contribution in [1.82, 2.24) is 14.8 Å². The van der Waals surface area contributed by atoms with Crippen LogP contribution in [-0.4, -0.2) is 53.5 Å². The van der Waals surface area contributed by atoms with Crippen molar-refractivity contribution in [3.05, 3.63) is 76.1 Å². The third-order valence-corrected chi connectivity index (χ3v) is 5.39. The minimum Gasteiger partial charge on any atom is -0.484 e. The molecule has 0 saturated carbocycles. The maximum Gasteiger partial charge on any atom is 0.260 e. The lowest BCUT2D eigenvalue weighted by atomic mass is 10.1. The molecule has 0 unspecified atom stereocenters. The predicted molar refractivity (Wildman–Crippen MR) is 113 cm³/mol. The van der Waals surface area contributed by atoms with Gasteiger partial charge in [-0.3, -0.25) is 14.5 Å². The number of aryl methyl sites for hydroxylation is 1. The van der Waals surface area contributed by atoms with Gasteiger partial charge in [0.05, 0.1) is 5.52 Å². The molecule has 2 heterocycles. The summed E-state index contributed by atoms with van der Waals surface area (Å²) in [5.41, 5.74) is 2.68. The number of rotatable bonds is 5. The highest BCUT2D eigenvalue weighted by molar-refractivity contribution is 5.82. The van der Waals surface area contributed by atoms with Gasteiger partial charge in [0.25, 0.3) is 11.5 Å². The second-order valence-corrected chi connectivity index (χ2v) is 7.42. The summed E-state index contributed by atoms with van der Waals surface area (Å²) in [7, 11) is 0. The molecule has 3 aromatic rings. The van der Waals surface area contributed by atoms with Crippen LogP contribution in [0.5, 0.6) is 5.75 Å². The summed E-state index contributed by atoms with van der Waals surface area (Å²) >= 11 is 0. The zero-order chi connectivity index (χ0) is 20.2. The molecule has 0 spiro atoms. The summed E-state index contributed by atoms with van der Waals surface area (Å²) in [6.45, 7) is 5.39. The molecule has 0 aliphatic carbocycles. The molecule has 1 aromatic heterocycles. The Morgan fingerprint density at radius 3 is 2.55 bits per heavy atom. The van der Waals surface area contributed by atoms with Gasteiger partial charge >= 0.3 is 0 Å². The van der Waals surface area contributed by atoms with Crippen LogP contribution in [0.15, 0.2) is 59.4 Å². The van der Waals surface area contributed by atoms with Gasteiger partial charge in [-0.15, -0.1) is 0 Å². The van der Waals surface area contributed by atoms with Crippen molar-refractivity contribution >= 4 is 16.8 Å². The lowest BCUT2D eigenvalue weighted by Gasteiger charge is -2.34. The van der Waals surface area contributed by atoms with Crippen molar-refractivity contribution in [1.29, 1.82) is 0 Å².